The SMILES string of the molecule is CCn1c(=O)c(=O)[nH]c2cc(C(=O)N3CCCNCC3)ccc21. The van der Waals surface area contributed by atoms with Gasteiger partial charge in [-0.05, 0) is 38.1 Å². The van der Waals surface area contributed by atoms with Crippen LogP contribution in [0.1, 0.15) is 23.7 Å². The molecule has 0 aliphatic carbocycles. The third-order valence-corrected chi connectivity index (χ3v) is 4.17. The van der Waals surface area contributed by atoms with Crippen LogP contribution in [0.5, 0.6) is 0 Å². The average molecular weight is 316 g/mol. The summed E-state index contributed by atoms with van der Waals surface area (Å²) in [6.45, 7) is 5.30. The molecule has 1 aromatic heterocycles. The molecule has 0 unspecified atom stereocenters. The number of fused-ring (bicyclic) bond motifs is 1. The van der Waals surface area contributed by atoms with Gasteiger partial charge in [-0.2, -0.15) is 0 Å². The summed E-state index contributed by atoms with van der Waals surface area (Å²) in [4.78, 5) is 40.6. The Balaban J connectivity index is 2.03. The fraction of sp³-hybridized carbons (Fsp3) is 0.438. The van der Waals surface area contributed by atoms with Crippen molar-refractivity contribution in [3.05, 3.63) is 44.5 Å². The zero-order valence-electron chi connectivity index (χ0n) is 13.1. The summed E-state index contributed by atoms with van der Waals surface area (Å²) >= 11 is 0. The Morgan fingerprint density at radius 3 is 2.83 bits per heavy atom. The minimum Gasteiger partial charge on any atom is -0.337 e. The molecule has 3 rings (SSSR count). The number of nitrogens with one attached hydrogen (secondary N) is 2. The second kappa shape index (κ2) is 6.37. The first-order valence-corrected chi connectivity index (χ1v) is 7.88. The first kappa shape index (κ1) is 15.5. The molecule has 1 fully saturated rings. The van der Waals surface area contributed by atoms with Crippen LogP contribution in [0.15, 0.2) is 27.8 Å². The van der Waals surface area contributed by atoms with Gasteiger partial charge < -0.3 is 19.8 Å². The van der Waals surface area contributed by atoms with Gasteiger partial charge in [-0.3, -0.25) is 14.4 Å². The molecule has 1 amide bonds. The van der Waals surface area contributed by atoms with Gasteiger partial charge in [-0.15, -0.1) is 0 Å². The number of aryl methyl sites for hydroxylation is 1. The number of aromatic amines is 1. The van der Waals surface area contributed by atoms with Crippen molar-refractivity contribution in [2.75, 3.05) is 26.2 Å². The second-order valence-electron chi connectivity index (χ2n) is 5.63. The number of rotatable bonds is 2. The van der Waals surface area contributed by atoms with Crippen LogP contribution in [0.4, 0.5) is 0 Å². The Morgan fingerprint density at radius 1 is 1.22 bits per heavy atom. The molecule has 0 spiro atoms. The summed E-state index contributed by atoms with van der Waals surface area (Å²) in [6.07, 6.45) is 0.922. The van der Waals surface area contributed by atoms with E-state index in [-0.39, 0.29) is 5.91 Å². The number of carbonyl (C=O) groups is 1. The van der Waals surface area contributed by atoms with Crippen molar-refractivity contribution in [2.24, 2.45) is 0 Å². The zero-order valence-corrected chi connectivity index (χ0v) is 13.1. The lowest BCUT2D eigenvalue weighted by molar-refractivity contribution is 0.0766. The molecule has 0 saturated carbocycles. The molecule has 23 heavy (non-hydrogen) atoms. The topological polar surface area (TPSA) is 87.2 Å². The van der Waals surface area contributed by atoms with Crippen molar-refractivity contribution in [3.63, 3.8) is 0 Å². The van der Waals surface area contributed by atoms with Crippen molar-refractivity contribution in [1.29, 1.82) is 0 Å². The number of amides is 1. The number of hydrogen-bond acceptors (Lipinski definition) is 4. The van der Waals surface area contributed by atoms with E-state index in [1.54, 1.807) is 18.2 Å². The van der Waals surface area contributed by atoms with Gasteiger partial charge in [0.1, 0.15) is 0 Å². The predicted octanol–water partition coefficient (Wildman–Crippen LogP) is 0.145. The predicted molar refractivity (Wildman–Crippen MR) is 87.9 cm³/mol. The molecule has 2 aromatic rings. The lowest BCUT2D eigenvalue weighted by Crippen LogP contribution is -2.36. The largest absolute Gasteiger partial charge is 0.337 e. The number of nitrogens with zero attached hydrogens (tertiary/aromatic N) is 2. The molecule has 0 atom stereocenters. The highest BCUT2D eigenvalue weighted by Crippen LogP contribution is 2.14. The van der Waals surface area contributed by atoms with Crippen LogP contribution in [0.2, 0.25) is 0 Å². The van der Waals surface area contributed by atoms with E-state index in [9.17, 15) is 14.4 Å². The monoisotopic (exact) mass is 316 g/mol. The Morgan fingerprint density at radius 2 is 2.04 bits per heavy atom. The molecular weight excluding hydrogens is 296 g/mol. The molecule has 0 bridgehead atoms. The van der Waals surface area contributed by atoms with Crippen LogP contribution in [-0.4, -0.2) is 46.5 Å². The minimum absolute atomic E-state index is 0.0503. The van der Waals surface area contributed by atoms with Crippen LogP contribution in [0.3, 0.4) is 0 Å². The summed E-state index contributed by atoms with van der Waals surface area (Å²) in [6, 6.07) is 5.09. The van der Waals surface area contributed by atoms with E-state index in [4.69, 9.17) is 0 Å². The summed E-state index contributed by atoms with van der Waals surface area (Å²) in [5.74, 6) is -0.0503. The van der Waals surface area contributed by atoms with Crippen LogP contribution >= 0.6 is 0 Å². The summed E-state index contributed by atoms with van der Waals surface area (Å²) < 4.78 is 1.41. The highest BCUT2D eigenvalue weighted by atomic mass is 16.2. The lowest BCUT2D eigenvalue weighted by Gasteiger charge is -2.20. The van der Waals surface area contributed by atoms with Crippen LogP contribution in [-0.2, 0) is 6.54 Å². The maximum Gasteiger partial charge on any atom is 0.316 e. The van der Waals surface area contributed by atoms with Crippen LogP contribution < -0.4 is 16.4 Å². The van der Waals surface area contributed by atoms with Gasteiger partial charge in [0, 0.05) is 31.7 Å². The van der Waals surface area contributed by atoms with Crippen molar-refractivity contribution >= 4 is 16.9 Å². The average Bonchev–Trinajstić information content (AvgIpc) is 2.84. The normalized spacial score (nSPS) is 15.6. The van der Waals surface area contributed by atoms with Crippen molar-refractivity contribution in [3.8, 4) is 0 Å². The van der Waals surface area contributed by atoms with Crippen molar-refractivity contribution in [1.82, 2.24) is 19.8 Å². The molecule has 2 heterocycles. The molecule has 7 heteroatoms. The van der Waals surface area contributed by atoms with Gasteiger partial charge in [-0.25, -0.2) is 0 Å². The van der Waals surface area contributed by atoms with Gasteiger partial charge in [0.05, 0.1) is 11.0 Å². The van der Waals surface area contributed by atoms with E-state index in [0.717, 1.165) is 26.1 Å². The number of benzene rings is 1. The fourth-order valence-electron chi connectivity index (χ4n) is 2.96. The van der Waals surface area contributed by atoms with Gasteiger partial charge in [0.2, 0.25) is 0 Å². The van der Waals surface area contributed by atoms with E-state index >= 15 is 0 Å². The molecule has 122 valence electrons. The zero-order chi connectivity index (χ0) is 16.4. The van der Waals surface area contributed by atoms with Crippen molar-refractivity contribution in [2.45, 2.75) is 19.9 Å². The molecule has 1 saturated heterocycles. The van der Waals surface area contributed by atoms with E-state index in [1.165, 1.54) is 4.57 Å². The second-order valence-corrected chi connectivity index (χ2v) is 5.63. The molecule has 1 aromatic carbocycles. The Bertz CT molecular complexity index is 845. The summed E-state index contributed by atoms with van der Waals surface area (Å²) in [5.41, 5.74) is 0.429. The quantitative estimate of drug-likeness (QED) is 0.772. The number of aromatic nitrogens is 2. The smallest absolute Gasteiger partial charge is 0.316 e. The minimum atomic E-state index is -0.664. The van der Waals surface area contributed by atoms with Gasteiger partial charge >= 0.3 is 11.1 Å². The standard InChI is InChI=1S/C16H20N4O3/c1-2-20-13-5-4-11(10-12(13)18-14(21)16(20)23)15(22)19-8-3-6-17-7-9-19/h4-5,10,17H,2-3,6-9H2,1H3,(H,18,21). The molecule has 7 nitrogen and oxygen atoms in total. The summed E-state index contributed by atoms with van der Waals surface area (Å²) in [7, 11) is 0. The Labute approximate surface area is 132 Å². The molecule has 0 radical (unpaired) electrons. The van der Waals surface area contributed by atoms with E-state index in [2.05, 4.69) is 10.3 Å². The van der Waals surface area contributed by atoms with E-state index in [1.807, 2.05) is 11.8 Å². The molecular formula is C16H20N4O3. The molecule has 1 aliphatic heterocycles. The fourth-order valence-corrected chi connectivity index (χ4v) is 2.96. The first-order valence-electron chi connectivity index (χ1n) is 7.88. The third-order valence-electron chi connectivity index (χ3n) is 4.17. The highest BCUT2D eigenvalue weighted by molar-refractivity contribution is 5.97. The van der Waals surface area contributed by atoms with E-state index in [0.29, 0.717) is 29.7 Å². The number of carbonyl (C=O) groups excluding carboxylic acids is 1. The third kappa shape index (κ3) is 2.92. The van der Waals surface area contributed by atoms with Crippen LogP contribution in [0.25, 0.3) is 11.0 Å². The molecule has 1 aliphatic rings. The summed E-state index contributed by atoms with van der Waals surface area (Å²) in [5, 5.41) is 3.26. The van der Waals surface area contributed by atoms with Gasteiger partial charge in [0.15, 0.2) is 0 Å². The highest BCUT2D eigenvalue weighted by Gasteiger charge is 2.18. The first-order chi connectivity index (χ1) is 11.1. The molecule has 2 N–H and O–H groups in total. The van der Waals surface area contributed by atoms with Gasteiger partial charge in [0.25, 0.3) is 5.91 Å². The van der Waals surface area contributed by atoms with Gasteiger partial charge in [-0.1, -0.05) is 0 Å². The number of H-pyrrole nitrogens is 1. The Hall–Kier alpha value is -2.41. The van der Waals surface area contributed by atoms with Crippen LogP contribution in [0, 0.1) is 0 Å². The maximum atomic E-state index is 12.6. The number of hydrogen-bond donors (Lipinski definition) is 2. The van der Waals surface area contributed by atoms with E-state index < -0.39 is 11.1 Å². The lowest BCUT2D eigenvalue weighted by atomic mass is 10.1. The Kier molecular flexibility index (Phi) is 4.29. The maximum absolute atomic E-state index is 12.6. The van der Waals surface area contributed by atoms with Crippen molar-refractivity contribution < 1.29 is 4.79 Å².